The van der Waals surface area contributed by atoms with Gasteiger partial charge >= 0.3 is 0 Å². The molecule has 0 amide bonds. The van der Waals surface area contributed by atoms with Crippen LogP contribution in [0.2, 0.25) is 5.02 Å². The molecule has 0 radical (unpaired) electrons. The van der Waals surface area contributed by atoms with Crippen LogP contribution in [0.15, 0.2) is 47.1 Å². The molecule has 2 rings (SSSR count). The third-order valence-corrected chi connectivity index (χ3v) is 3.36. The Labute approximate surface area is 113 Å². The van der Waals surface area contributed by atoms with Crippen molar-refractivity contribution in [3.63, 3.8) is 0 Å². The molecule has 0 aliphatic rings. The van der Waals surface area contributed by atoms with Crippen molar-refractivity contribution < 1.29 is 4.42 Å². The summed E-state index contributed by atoms with van der Waals surface area (Å²) in [6.07, 6.45) is 2.61. The van der Waals surface area contributed by atoms with Gasteiger partial charge in [0.2, 0.25) is 0 Å². The first kappa shape index (κ1) is 13.2. The van der Waals surface area contributed by atoms with Crippen LogP contribution in [0.5, 0.6) is 0 Å². The molecular weight excluding hydrogens is 246 g/mol. The van der Waals surface area contributed by atoms with Gasteiger partial charge in [-0.25, -0.2) is 0 Å². The Morgan fingerprint density at radius 2 is 1.94 bits per heavy atom. The van der Waals surface area contributed by atoms with Crippen LogP contribution < -0.4 is 5.32 Å². The van der Waals surface area contributed by atoms with Crippen molar-refractivity contribution in [3.05, 3.63) is 59.0 Å². The van der Waals surface area contributed by atoms with E-state index in [-0.39, 0.29) is 6.04 Å². The van der Waals surface area contributed by atoms with Gasteiger partial charge in [-0.3, -0.25) is 0 Å². The van der Waals surface area contributed by atoms with Crippen molar-refractivity contribution in [1.29, 1.82) is 0 Å². The summed E-state index contributed by atoms with van der Waals surface area (Å²) in [6, 6.07) is 12.4. The second-order valence-corrected chi connectivity index (χ2v) is 5.01. The average molecular weight is 264 g/mol. The number of benzene rings is 1. The lowest BCUT2D eigenvalue weighted by Crippen LogP contribution is -2.30. The maximum absolute atomic E-state index is 6.16. The summed E-state index contributed by atoms with van der Waals surface area (Å²) in [6.45, 7) is 4.25. The van der Waals surface area contributed by atoms with Gasteiger partial charge in [0, 0.05) is 11.1 Å². The van der Waals surface area contributed by atoms with Crippen LogP contribution >= 0.6 is 11.6 Å². The van der Waals surface area contributed by atoms with Gasteiger partial charge < -0.3 is 9.73 Å². The van der Waals surface area contributed by atoms with Gasteiger partial charge in [0.05, 0.1) is 12.3 Å². The molecule has 2 aromatic rings. The highest BCUT2D eigenvalue weighted by Gasteiger charge is 2.12. The van der Waals surface area contributed by atoms with Crippen LogP contribution in [0.4, 0.5) is 0 Å². The highest BCUT2D eigenvalue weighted by atomic mass is 35.5. The van der Waals surface area contributed by atoms with E-state index in [1.807, 2.05) is 30.3 Å². The lowest BCUT2D eigenvalue weighted by atomic mass is 10.1. The minimum atomic E-state index is 0.206. The molecule has 1 aromatic heterocycles. The molecule has 0 saturated carbocycles. The molecule has 2 atom stereocenters. The summed E-state index contributed by atoms with van der Waals surface area (Å²) in [5, 5.41) is 4.34. The van der Waals surface area contributed by atoms with Crippen molar-refractivity contribution in [3.8, 4) is 0 Å². The molecular formula is C15H18ClNO. The molecule has 1 aromatic carbocycles. The minimum absolute atomic E-state index is 0.206. The molecule has 0 fully saturated rings. The van der Waals surface area contributed by atoms with Crippen LogP contribution in [-0.4, -0.2) is 6.04 Å². The molecule has 0 saturated heterocycles. The van der Waals surface area contributed by atoms with E-state index >= 15 is 0 Å². The summed E-state index contributed by atoms with van der Waals surface area (Å²) in [4.78, 5) is 0. The van der Waals surface area contributed by atoms with E-state index < -0.39 is 0 Å². The fourth-order valence-electron chi connectivity index (χ4n) is 2.10. The van der Waals surface area contributed by atoms with E-state index in [1.54, 1.807) is 6.26 Å². The zero-order valence-electron chi connectivity index (χ0n) is 10.7. The zero-order chi connectivity index (χ0) is 13.0. The minimum Gasteiger partial charge on any atom is -0.468 e. The Morgan fingerprint density at radius 3 is 2.61 bits per heavy atom. The van der Waals surface area contributed by atoms with Crippen molar-refractivity contribution >= 4 is 11.6 Å². The average Bonchev–Trinajstić information content (AvgIpc) is 2.85. The monoisotopic (exact) mass is 263 g/mol. The van der Waals surface area contributed by atoms with Crippen molar-refractivity contribution in [2.75, 3.05) is 0 Å². The van der Waals surface area contributed by atoms with Gasteiger partial charge in [0.1, 0.15) is 5.76 Å². The van der Waals surface area contributed by atoms with E-state index in [4.69, 9.17) is 16.0 Å². The molecule has 0 aliphatic heterocycles. The highest BCUT2D eigenvalue weighted by Crippen LogP contribution is 2.18. The Balaban J connectivity index is 1.93. The Morgan fingerprint density at radius 1 is 1.17 bits per heavy atom. The smallest absolute Gasteiger partial charge is 0.120 e. The maximum Gasteiger partial charge on any atom is 0.120 e. The van der Waals surface area contributed by atoms with Crippen molar-refractivity contribution in [2.24, 2.45) is 0 Å². The molecule has 1 heterocycles. The largest absolute Gasteiger partial charge is 0.468 e. The number of furan rings is 1. The Bertz CT molecular complexity index is 481. The number of hydrogen-bond donors (Lipinski definition) is 1. The summed E-state index contributed by atoms with van der Waals surface area (Å²) in [5.74, 6) is 0.959. The molecule has 0 aliphatic carbocycles. The summed E-state index contributed by atoms with van der Waals surface area (Å²) >= 11 is 6.16. The fourth-order valence-corrected chi connectivity index (χ4v) is 2.31. The maximum atomic E-state index is 6.16. The predicted octanol–water partition coefficient (Wildman–Crippen LogP) is 4.21. The summed E-state index contributed by atoms with van der Waals surface area (Å²) in [5.41, 5.74) is 1.17. The highest BCUT2D eigenvalue weighted by molar-refractivity contribution is 6.31. The molecule has 3 heteroatoms. The lowest BCUT2D eigenvalue weighted by Gasteiger charge is -2.19. The molecule has 0 bridgehead atoms. The quantitative estimate of drug-likeness (QED) is 0.874. The first-order valence-corrected chi connectivity index (χ1v) is 6.57. The van der Waals surface area contributed by atoms with Crippen LogP contribution in [0.3, 0.4) is 0 Å². The lowest BCUT2D eigenvalue weighted by molar-refractivity contribution is 0.397. The topological polar surface area (TPSA) is 25.2 Å². The van der Waals surface area contributed by atoms with Gasteiger partial charge in [-0.2, -0.15) is 0 Å². The van der Waals surface area contributed by atoms with E-state index in [0.717, 1.165) is 17.2 Å². The summed E-state index contributed by atoms with van der Waals surface area (Å²) < 4.78 is 5.38. The van der Waals surface area contributed by atoms with Gasteiger partial charge in [-0.1, -0.05) is 29.8 Å². The van der Waals surface area contributed by atoms with Gasteiger partial charge in [0.15, 0.2) is 0 Å². The molecule has 0 spiro atoms. The number of nitrogens with one attached hydrogen (secondary N) is 1. The van der Waals surface area contributed by atoms with E-state index in [2.05, 4.69) is 25.2 Å². The van der Waals surface area contributed by atoms with E-state index in [9.17, 15) is 0 Å². The van der Waals surface area contributed by atoms with E-state index in [0.29, 0.717) is 6.04 Å². The summed E-state index contributed by atoms with van der Waals surface area (Å²) in [7, 11) is 0. The first-order chi connectivity index (χ1) is 8.66. The van der Waals surface area contributed by atoms with Crippen molar-refractivity contribution in [1.82, 2.24) is 5.32 Å². The van der Waals surface area contributed by atoms with Gasteiger partial charge in [-0.05, 0) is 44.0 Å². The predicted molar refractivity (Wildman–Crippen MR) is 74.9 cm³/mol. The molecule has 2 nitrogen and oxygen atoms in total. The van der Waals surface area contributed by atoms with E-state index in [1.165, 1.54) is 5.56 Å². The standard InChI is InChI=1S/C15H18ClNO/c1-11(10-13-6-3-4-7-14(13)16)17-12(2)15-8-5-9-18-15/h3-9,11-12,17H,10H2,1-2H3. The van der Waals surface area contributed by atoms with Gasteiger partial charge in [-0.15, -0.1) is 0 Å². The normalized spacial score (nSPS) is 14.4. The third kappa shape index (κ3) is 3.37. The second kappa shape index (κ2) is 6.07. The van der Waals surface area contributed by atoms with Crippen molar-refractivity contribution in [2.45, 2.75) is 32.4 Å². The fraction of sp³-hybridized carbons (Fsp3) is 0.333. The van der Waals surface area contributed by atoms with Crippen LogP contribution in [0.25, 0.3) is 0 Å². The van der Waals surface area contributed by atoms with Crippen LogP contribution in [0, 0.1) is 0 Å². The molecule has 96 valence electrons. The number of halogens is 1. The number of rotatable bonds is 5. The Kier molecular flexibility index (Phi) is 4.45. The van der Waals surface area contributed by atoms with Crippen LogP contribution in [0.1, 0.15) is 31.2 Å². The zero-order valence-corrected chi connectivity index (χ0v) is 11.4. The number of hydrogen-bond acceptors (Lipinski definition) is 2. The SMILES string of the molecule is CC(Cc1ccccc1Cl)NC(C)c1ccco1. The second-order valence-electron chi connectivity index (χ2n) is 4.60. The molecule has 2 unspecified atom stereocenters. The van der Waals surface area contributed by atoms with Gasteiger partial charge in [0.25, 0.3) is 0 Å². The molecule has 1 N–H and O–H groups in total. The van der Waals surface area contributed by atoms with Crippen LogP contribution in [-0.2, 0) is 6.42 Å². The first-order valence-electron chi connectivity index (χ1n) is 6.19. The third-order valence-electron chi connectivity index (χ3n) is 2.99. The molecule has 18 heavy (non-hydrogen) atoms. The Hall–Kier alpha value is -1.25.